The van der Waals surface area contributed by atoms with Gasteiger partial charge in [-0.1, -0.05) is 29.8 Å². The Balaban J connectivity index is 1.50. The normalized spacial score (nSPS) is 12.3. The number of fused-ring (bicyclic) bond motifs is 2. The van der Waals surface area contributed by atoms with Crippen molar-refractivity contribution in [2.75, 3.05) is 17.7 Å². The summed E-state index contributed by atoms with van der Waals surface area (Å²) >= 11 is 6.81. The van der Waals surface area contributed by atoms with Gasteiger partial charge in [-0.05, 0) is 65.7 Å². The lowest BCUT2D eigenvalue weighted by molar-refractivity contribution is 0.1000. The van der Waals surface area contributed by atoms with Gasteiger partial charge in [-0.2, -0.15) is 5.10 Å². The summed E-state index contributed by atoms with van der Waals surface area (Å²) in [6.45, 7) is -0.177. The number of methoxy groups -OCH3 is 1. The number of carbonyl (C=O) groups is 1. The van der Waals surface area contributed by atoms with E-state index in [-0.39, 0.29) is 67.7 Å². The van der Waals surface area contributed by atoms with E-state index in [1.807, 2.05) is 0 Å². The molecule has 0 fully saturated rings. The van der Waals surface area contributed by atoms with E-state index in [1.165, 1.54) is 49.2 Å². The predicted molar refractivity (Wildman–Crippen MR) is 210 cm³/mol. The Hall–Kier alpha value is -6.60. The summed E-state index contributed by atoms with van der Waals surface area (Å²) in [6.07, 6.45) is -4.14. The Kier molecular flexibility index (Phi) is 11.0. The Morgan fingerprint density at radius 3 is 2.32 bits per heavy atom. The molecule has 2 N–H and O–H groups in total. The third-order valence-corrected chi connectivity index (χ3v) is 10.6. The first-order valence-electron chi connectivity index (χ1n) is 17.4. The van der Waals surface area contributed by atoms with Crippen LogP contribution in [0, 0.1) is 11.6 Å². The first-order chi connectivity index (χ1) is 28.0. The van der Waals surface area contributed by atoms with Crippen LogP contribution in [-0.2, 0) is 34.8 Å². The average Bonchev–Trinajstić information content (AvgIpc) is 3.53. The zero-order valence-electron chi connectivity index (χ0n) is 31.1. The molecule has 0 saturated heterocycles. The molecule has 3 aromatic heterocycles. The van der Waals surface area contributed by atoms with Crippen molar-refractivity contribution in [3.05, 3.63) is 135 Å². The van der Waals surface area contributed by atoms with Crippen LogP contribution in [0.5, 0.6) is 5.75 Å². The number of carbonyl (C=O) groups excluding carboxylic acids is 1. The number of aryl methyl sites for hydroxylation is 1. The minimum atomic E-state index is -4.05. The molecule has 4 aromatic carbocycles. The molecule has 3 heterocycles. The van der Waals surface area contributed by atoms with Crippen LogP contribution in [0.3, 0.4) is 0 Å². The van der Waals surface area contributed by atoms with Crippen molar-refractivity contribution < 1.29 is 40.2 Å². The highest BCUT2D eigenvalue weighted by Gasteiger charge is 2.31. The number of hydrogen-bond acceptors (Lipinski definition) is 10. The first-order valence-corrected chi connectivity index (χ1v) is 19.6. The maximum Gasteiger partial charge on any atom is 0.405 e. The van der Waals surface area contributed by atoms with Gasteiger partial charge >= 0.3 is 6.09 Å². The van der Waals surface area contributed by atoms with Gasteiger partial charge in [0.2, 0.25) is 10.0 Å². The summed E-state index contributed by atoms with van der Waals surface area (Å²) in [5.74, 6) is -1.84. The monoisotopic (exact) mass is 850 g/mol. The fraction of sp³-hybridized carbons (Fsp3) is 0.179. The van der Waals surface area contributed by atoms with Crippen molar-refractivity contribution in [1.82, 2.24) is 29.3 Å². The number of alkyl halides is 2. The lowest BCUT2D eigenvalue weighted by atomic mass is 10.1. The van der Waals surface area contributed by atoms with Crippen molar-refractivity contribution in [3.63, 3.8) is 0 Å². The lowest BCUT2D eigenvalue weighted by Crippen LogP contribution is -2.30. The van der Waals surface area contributed by atoms with Crippen LogP contribution in [0.25, 0.3) is 38.9 Å². The topological polar surface area (TPSA) is 177 Å². The molecule has 0 spiro atoms. The Bertz CT molecular complexity index is 2930. The number of nitrogens with zero attached hydrogens (tertiary/aromatic N) is 7. The quantitative estimate of drug-likeness (QED) is 0.127. The minimum absolute atomic E-state index is 0.00740. The molecule has 1 atom stereocenters. The number of sulfonamides is 1. The minimum Gasteiger partial charge on any atom is -0.497 e. The van der Waals surface area contributed by atoms with E-state index in [4.69, 9.17) is 31.8 Å². The molecule has 304 valence electrons. The fourth-order valence-corrected chi connectivity index (χ4v) is 7.69. The van der Waals surface area contributed by atoms with E-state index in [1.54, 1.807) is 24.3 Å². The molecule has 0 radical (unpaired) electrons. The fourth-order valence-electron chi connectivity index (χ4n) is 6.63. The molecule has 14 nitrogen and oxygen atoms in total. The van der Waals surface area contributed by atoms with Gasteiger partial charge in [-0.3, -0.25) is 14.0 Å². The molecular formula is C39H31ClF4N8O6S. The van der Waals surface area contributed by atoms with Gasteiger partial charge in [0.15, 0.2) is 23.6 Å². The molecule has 7 aromatic rings. The average molecular weight is 851 g/mol. The molecule has 20 heteroatoms. The maximum atomic E-state index is 14.8. The molecule has 0 saturated carbocycles. The van der Waals surface area contributed by atoms with Crippen LogP contribution >= 0.6 is 11.6 Å². The number of amides is 1. The lowest BCUT2D eigenvalue weighted by Gasteiger charge is -2.23. The number of rotatable bonds is 12. The van der Waals surface area contributed by atoms with Crippen molar-refractivity contribution in [2.45, 2.75) is 25.5 Å². The van der Waals surface area contributed by atoms with E-state index in [9.17, 15) is 35.6 Å². The predicted octanol–water partition coefficient (Wildman–Crippen LogP) is 6.95. The molecule has 1 amide bonds. The molecule has 7 rings (SSSR count). The van der Waals surface area contributed by atoms with Crippen LogP contribution in [-0.4, -0.2) is 57.2 Å². The van der Waals surface area contributed by atoms with Crippen LogP contribution in [0.4, 0.5) is 28.2 Å². The Labute approximate surface area is 337 Å². The second-order valence-corrected chi connectivity index (χ2v) is 15.5. The van der Waals surface area contributed by atoms with Gasteiger partial charge in [-0.25, -0.2) is 50.0 Å². The highest BCUT2D eigenvalue weighted by Crippen LogP contribution is 2.39. The number of hydrogen-bond donors (Lipinski definition) is 1. The molecule has 59 heavy (non-hydrogen) atoms. The Morgan fingerprint density at radius 2 is 1.68 bits per heavy atom. The van der Waals surface area contributed by atoms with Crippen molar-refractivity contribution in [3.8, 4) is 22.8 Å². The highest BCUT2D eigenvalue weighted by molar-refractivity contribution is 7.92. The number of ether oxygens (including phenoxy) is 2. The molecular weight excluding hydrogens is 820 g/mol. The van der Waals surface area contributed by atoms with E-state index in [2.05, 4.69) is 15.1 Å². The molecule has 0 bridgehead atoms. The number of anilines is 1. The largest absolute Gasteiger partial charge is 0.497 e. The number of aromatic nitrogens is 6. The number of halogens is 5. The van der Waals surface area contributed by atoms with Crippen molar-refractivity contribution >= 4 is 55.3 Å². The van der Waals surface area contributed by atoms with Crippen molar-refractivity contribution in [1.29, 1.82) is 0 Å². The van der Waals surface area contributed by atoms with Gasteiger partial charge < -0.3 is 15.2 Å². The van der Waals surface area contributed by atoms with Gasteiger partial charge in [0.05, 0.1) is 52.4 Å². The molecule has 1 unspecified atom stereocenters. The second kappa shape index (κ2) is 16.0. The summed E-state index contributed by atoms with van der Waals surface area (Å²) in [7, 11) is -1.07. The van der Waals surface area contributed by atoms with Crippen LogP contribution in [0.15, 0.2) is 89.9 Å². The maximum absolute atomic E-state index is 14.8. The Morgan fingerprint density at radius 1 is 0.966 bits per heavy atom. The van der Waals surface area contributed by atoms with E-state index in [0.717, 1.165) is 39.5 Å². The summed E-state index contributed by atoms with van der Waals surface area (Å²) < 4.78 is 96.9. The number of benzene rings is 4. The number of nitrogens with two attached hydrogens (primary N) is 1. The van der Waals surface area contributed by atoms with E-state index >= 15 is 0 Å². The second-order valence-electron chi connectivity index (χ2n) is 13.2. The summed E-state index contributed by atoms with van der Waals surface area (Å²) in [4.78, 5) is 40.0. The van der Waals surface area contributed by atoms with Gasteiger partial charge in [-0.15, -0.1) is 0 Å². The zero-order valence-corrected chi connectivity index (χ0v) is 32.7. The summed E-state index contributed by atoms with van der Waals surface area (Å²) in [5.41, 5.74) is 5.07. The smallest absolute Gasteiger partial charge is 0.405 e. The van der Waals surface area contributed by atoms with Crippen molar-refractivity contribution in [2.24, 2.45) is 12.8 Å². The number of primary amides is 1. The standard InChI is InChI=1S/C39H31ClF4N8O6S/c1-50-33-30(11-10-27(40)32(33)37(49-50)51(59(3,55)56)19-20-4-7-25(57-2)8-5-20)52-36(31(58-39(45)54)16-21-14-23(41)18-24(42)15-21)48-29-17-22(6-9-26(29)38(52)53)35-46-13-12-28(47-35)34(43)44/h4-15,17-18,31,34H,16,19H2,1-3H3,(H2,45,54). The SMILES string of the molecule is COc1ccc(CN(c2nn(C)c3c(-n4c(C(Cc5cc(F)cc(F)c5)OC(N)=O)nc5cc(-c6nccc(C(F)F)n6)ccc5c4=O)ccc(Cl)c23)S(C)(=O)=O)cc1. The third kappa shape index (κ3) is 8.24. The summed E-state index contributed by atoms with van der Waals surface area (Å²) in [6, 6.07) is 17.4. The van der Waals surface area contributed by atoms with E-state index < -0.39 is 58.0 Å². The third-order valence-electron chi connectivity index (χ3n) is 9.20. The van der Waals surface area contributed by atoms with E-state index in [0.29, 0.717) is 17.4 Å². The molecule has 0 aliphatic heterocycles. The van der Waals surface area contributed by atoms with Crippen LogP contribution in [0.1, 0.15) is 35.2 Å². The zero-order chi connectivity index (χ0) is 42.3. The highest BCUT2D eigenvalue weighted by atomic mass is 35.5. The molecule has 0 aliphatic carbocycles. The van der Waals surface area contributed by atoms with Crippen LogP contribution < -0.4 is 20.3 Å². The summed E-state index contributed by atoms with van der Waals surface area (Å²) in [5, 5.41) is 4.69. The van der Waals surface area contributed by atoms with Gasteiger partial charge in [0.1, 0.15) is 23.1 Å². The first kappa shape index (κ1) is 40.6. The van der Waals surface area contributed by atoms with Crippen LogP contribution in [0.2, 0.25) is 5.02 Å². The van der Waals surface area contributed by atoms with Gasteiger partial charge in [0, 0.05) is 31.3 Å². The molecule has 0 aliphatic rings. The van der Waals surface area contributed by atoms with Gasteiger partial charge in [0.25, 0.3) is 12.0 Å².